The van der Waals surface area contributed by atoms with Gasteiger partial charge in [-0.1, -0.05) is 19.3 Å². The Labute approximate surface area is 122 Å². The van der Waals surface area contributed by atoms with Gasteiger partial charge in [0.25, 0.3) is 5.69 Å². The van der Waals surface area contributed by atoms with Crippen LogP contribution >= 0.6 is 0 Å². The third-order valence-corrected chi connectivity index (χ3v) is 3.84. The number of carbonyl (C=O) groups excluding carboxylic acids is 1. The highest BCUT2D eigenvalue weighted by Crippen LogP contribution is 2.25. The lowest BCUT2D eigenvalue weighted by molar-refractivity contribution is -0.385. The van der Waals surface area contributed by atoms with Crippen LogP contribution in [-0.4, -0.2) is 17.5 Å². The highest BCUT2D eigenvalue weighted by atomic mass is 19.1. The average Bonchev–Trinajstić information content (AvgIpc) is 2.48. The van der Waals surface area contributed by atoms with Gasteiger partial charge in [-0.2, -0.15) is 0 Å². The number of halogens is 1. The van der Waals surface area contributed by atoms with Crippen LogP contribution < -0.4 is 0 Å². The lowest BCUT2D eigenvalue weighted by atomic mass is 9.90. The molecule has 0 aliphatic heterocycles. The van der Waals surface area contributed by atoms with Gasteiger partial charge < -0.3 is 4.74 Å². The van der Waals surface area contributed by atoms with Gasteiger partial charge in [0.2, 0.25) is 0 Å². The zero-order valence-corrected chi connectivity index (χ0v) is 11.9. The van der Waals surface area contributed by atoms with E-state index in [1.54, 1.807) is 0 Å². The number of hydrogen-bond acceptors (Lipinski definition) is 4. The van der Waals surface area contributed by atoms with Gasteiger partial charge in [0.05, 0.1) is 11.5 Å². The molecule has 5 nitrogen and oxygen atoms in total. The summed E-state index contributed by atoms with van der Waals surface area (Å²) in [5.74, 6) is -1.27. The molecule has 21 heavy (non-hydrogen) atoms. The molecule has 0 spiro atoms. The van der Waals surface area contributed by atoms with Crippen LogP contribution in [0.3, 0.4) is 0 Å². The number of nitrogens with zero attached hydrogens (tertiary/aromatic N) is 1. The lowest BCUT2D eigenvalue weighted by Gasteiger charge is -2.21. The first-order chi connectivity index (χ1) is 9.99. The summed E-state index contributed by atoms with van der Waals surface area (Å²) >= 11 is 0. The number of rotatable bonds is 4. The number of aryl methyl sites for hydroxylation is 1. The van der Waals surface area contributed by atoms with Crippen LogP contribution in [0.5, 0.6) is 0 Å². The van der Waals surface area contributed by atoms with E-state index < -0.39 is 16.7 Å². The highest BCUT2D eigenvalue weighted by molar-refractivity contribution is 5.90. The number of esters is 1. The van der Waals surface area contributed by atoms with Gasteiger partial charge in [-0.15, -0.1) is 0 Å². The monoisotopic (exact) mass is 295 g/mol. The molecule has 1 aliphatic rings. The minimum atomic E-state index is -0.829. The molecule has 0 saturated heterocycles. The number of nitro benzene ring substituents is 1. The lowest BCUT2D eigenvalue weighted by Crippen LogP contribution is -2.18. The van der Waals surface area contributed by atoms with E-state index in [-0.39, 0.29) is 23.4 Å². The predicted molar refractivity (Wildman–Crippen MR) is 74.6 cm³/mol. The Kier molecular flexibility index (Phi) is 4.88. The topological polar surface area (TPSA) is 69.4 Å². The molecule has 2 rings (SSSR count). The maximum atomic E-state index is 13.9. The summed E-state index contributed by atoms with van der Waals surface area (Å²) in [5.41, 5.74) is -0.607. The molecular weight excluding hydrogens is 277 g/mol. The zero-order valence-electron chi connectivity index (χ0n) is 11.9. The SMILES string of the molecule is Cc1cc([N+](=O)[O-])cc(C(=O)OCC2CCCCC2)c1F. The van der Waals surface area contributed by atoms with Crippen LogP contribution in [0.15, 0.2) is 12.1 Å². The van der Waals surface area contributed by atoms with Crippen molar-refractivity contribution in [1.29, 1.82) is 0 Å². The molecule has 0 aromatic heterocycles. The molecule has 6 heteroatoms. The van der Waals surface area contributed by atoms with Crippen LogP contribution in [0.2, 0.25) is 0 Å². The number of non-ortho nitro benzene ring substituents is 1. The molecule has 0 heterocycles. The minimum Gasteiger partial charge on any atom is -0.462 e. The molecule has 0 bridgehead atoms. The van der Waals surface area contributed by atoms with Gasteiger partial charge in [0.15, 0.2) is 0 Å². The molecule has 0 amide bonds. The molecular formula is C15H18FNO4. The van der Waals surface area contributed by atoms with E-state index in [4.69, 9.17) is 4.74 Å². The number of nitro groups is 1. The Balaban J connectivity index is 2.09. The van der Waals surface area contributed by atoms with Crippen molar-refractivity contribution in [2.45, 2.75) is 39.0 Å². The fraction of sp³-hybridized carbons (Fsp3) is 0.533. The van der Waals surface area contributed by atoms with E-state index in [0.29, 0.717) is 5.92 Å². The number of hydrogen-bond donors (Lipinski definition) is 0. The van der Waals surface area contributed by atoms with Crippen LogP contribution in [0.4, 0.5) is 10.1 Å². The molecule has 0 N–H and O–H groups in total. The van der Waals surface area contributed by atoms with Crippen molar-refractivity contribution in [3.05, 3.63) is 39.2 Å². The maximum absolute atomic E-state index is 13.9. The first kappa shape index (κ1) is 15.4. The Bertz CT molecular complexity index is 553. The summed E-state index contributed by atoms with van der Waals surface area (Å²) in [6.45, 7) is 1.64. The Morgan fingerprint density at radius 3 is 2.67 bits per heavy atom. The van der Waals surface area contributed by atoms with Gasteiger partial charge in [0, 0.05) is 12.1 Å². The van der Waals surface area contributed by atoms with Crippen LogP contribution in [0.25, 0.3) is 0 Å². The molecule has 0 atom stereocenters. The smallest absolute Gasteiger partial charge is 0.341 e. The van der Waals surface area contributed by atoms with Crippen molar-refractivity contribution in [3.8, 4) is 0 Å². The summed E-state index contributed by atoms with van der Waals surface area (Å²) < 4.78 is 19.1. The van der Waals surface area contributed by atoms with E-state index in [2.05, 4.69) is 0 Å². The molecule has 1 aliphatic carbocycles. The molecule has 0 unspecified atom stereocenters. The van der Waals surface area contributed by atoms with E-state index in [1.807, 2.05) is 0 Å². The second kappa shape index (κ2) is 6.65. The van der Waals surface area contributed by atoms with E-state index >= 15 is 0 Å². The normalized spacial score (nSPS) is 15.7. The maximum Gasteiger partial charge on any atom is 0.341 e. The zero-order chi connectivity index (χ0) is 15.4. The van der Waals surface area contributed by atoms with E-state index in [0.717, 1.165) is 37.8 Å². The Morgan fingerprint density at radius 1 is 1.38 bits per heavy atom. The summed E-state index contributed by atoms with van der Waals surface area (Å²) in [6, 6.07) is 2.04. The molecule has 1 fully saturated rings. The van der Waals surface area contributed by atoms with Crippen LogP contribution in [0, 0.1) is 28.8 Å². The molecule has 1 aromatic carbocycles. The van der Waals surface area contributed by atoms with Gasteiger partial charge in [-0.25, -0.2) is 9.18 Å². The van der Waals surface area contributed by atoms with Crippen LogP contribution in [0.1, 0.15) is 48.0 Å². The summed E-state index contributed by atoms with van der Waals surface area (Å²) in [6.07, 6.45) is 5.44. The first-order valence-corrected chi connectivity index (χ1v) is 7.10. The van der Waals surface area contributed by atoms with Crippen molar-refractivity contribution < 1.29 is 18.8 Å². The van der Waals surface area contributed by atoms with Crippen molar-refractivity contribution in [3.63, 3.8) is 0 Å². The van der Waals surface area contributed by atoms with E-state index in [1.165, 1.54) is 13.3 Å². The van der Waals surface area contributed by atoms with Crippen molar-refractivity contribution in [2.24, 2.45) is 5.92 Å². The van der Waals surface area contributed by atoms with Crippen LogP contribution in [-0.2, 0) is 4.74 Å². The average molecular weight is 295 g/mol. The highest BCUT2D eigenvalue weighted by Gasteiger charge is 2.22. The summed E-state index contributed by atoms with van der Waals surface area (Å²) in [4.78, 5) is 22.1. The summed E-state index contributed by atoms with van der Waals surface area (Å²) in [7, 11) is 0. The quantitative estimate of drug-likeness (QED) is 0.481. The van der Waals surface area contributed by atoms with E-state index in [9.17, 15) is 19.3 Å². The predicted octanol–water partition coefficient (Wildman–Crippen LogP) is 3.78. The number of benzene rings is 1. The minimum absolute atomic E-state index is 0.0637. The van der Waals surface area contributed by atoms with Crippen molar-refractivity contribution in [1.82, 2.24) is 0 Å². The molecule has 1 saturated carbocycles. The fourth-order valence-electron chi connectivity index (χ4n) is 2.63. The number of carbonyl (C=O) groups is 1. The second-order valence-corrected chi connectivity index (χ2v) is 5.48. The molecule has 114 valence electrons. The third kappa shape index (κ3) is 3.77. The van der Waals surface area contributed by atoms with Gasteiger partial charge in [-0.3, -0.25) is 10.1 Å². The fourth-order valence-corrected chi connectivity index (χ4v) is 2.63. The Morgan fingerprint density at radius 2 is 2.05 bits per heavy atom. The third-order valence-electron chi connectivity index (χ3n) is 3.84. The second-order valence-electron chi connectivity index (χ2n) is 5.48. The van der Waals surface area contributed by atoms with Crippen molar-refractivity contribution >= 4 is 11.7 Å². The first-order valence-electron chi connectivity index (χ1n) is 7.10. The molecule has 0 radical (unpaired) electrons. The number of ether oxygens (including phenoxy) is 1. The van der Waals surface area contributed by atoms with Gasteiger partial charge in [0.1, 0.15) is 11.4 Å². The Hall–Kier alpha value is -1.98. The van der Waals surface area contributed by atoms with Gasteiger partial charge in [-0.05, 0) is 31.2 Å². The van der Waals surface area contributed by atoms with Gasteiger partial charge >= 0.3 is 5.97 Å². The van der Waals surface area contributed by atoms with Crippen molar-refractivity contribution in [2.75, 3.05) is 6.61 Å². The largest absolute Gasteiger partial charge is 0.462 e. The molecule has 1 aromatic rings. The summed E-state index contributed by atoms with van der Waals surface area (Å²) in [5, 5.41) is 10.8. The standard InChI is InChI=1S/C15H18FNO4/c1-10-7-12(17(19)20)8-13(14(10)16)15(18)21-9-11-5-3-2-4-6-11/h7-8,11H,2-6,9H2,1H3.